The van der Waals surface area contributed by atoms with E-state index >= 15 is 0 Å². The number of nitrogens with zero attached hydrogens (tertiary/aromatic N) is 2. The summed E-state index contributed by atoms with van der Waals surface area (Å²) in [7, 11) is 0. The minimum Gasteiger partial charge on any atom is -0.333 e. The van der Waals surface area contributed by atoms with Crippen molar-refractivity contribution < 1.29 is 9.59 Å². The fourth-order valence-electron chi connectivity index (χ4n) is 2.59. The molecule has 3 heterocycles. The zero-order valence-corrected chi connectivity index (χ0v) is 16.5. The Bertz CT molecular complexity index is 1000. The van der Waals surface area contributed by atoms with Gasteiger partial charge >= 0.3 is 0 Å². The molecule has 8 heteroatoms. The van der Waals surface area contributed by atoms with Crippen LogP contribution in [0.2, 0.25) is 0 Å². The first-order chi connectivity index (χ1) is 12.5. The summed E-state index contributed by atoms with van der Waals surface area (Å²) in [4.78, 5) is 34.9. The van der Waals surface area contributed by atoms with Crippen LogP contribution in [0.15, 0.2) is 50.7 Å². The molecular weight excluding hydrogens is 386 g/mol. The number of carbonyl (C=O) groups excluding carboxylic acids is 2. The molecule has 2 aromatic heterocycles. The van der Waals surface area contributed by atoms with E-state index < -0.39 is 0 Å². The van der Waals surface area contributed by atoms with Crippen LogP contribution in [0, 0.1) is 0 Å². The van der Waals surface area contributed by atoms with Crippen molar-refractivity contribution >= 4 is 63.1 Å². The Labute approximate surface area is 162 Å². The first-order valence-corrected chi connectivity index (χ1v) is 10.5. The highest BCUT2D eigenvalue weighted by atomic mass is 32.2. The third kappa shape index (κ3) is 3.32. The van der Waals surface area contributed by atoms with E-state index in [0.717, 1.165) is 37.0 Å². The van der Waals surface area contributed by atoms with Crippen molar-refractivity contribution in [2.45, 2.75) is 29.3 Å². The van der Waals surface area contributed by atoms with Crippen LogP contribution >= 0.6 is 34.9 Å². The zero-order chi connectivity index (χ0) is 18.3. The zero-order valence-electron chi connectivity index (χ0n) is 14.1. The summed E-state index contributed by atoms with van der Waals surface area (Å²) in [5.74, 6) is -0.213. The van der Waals surface area contributed by atoms with Gasteiger partial charge in [-0.15, -0.1) is 11.3 Å². The van der Waals surface area contributed by atoms with Crippen LogP contribution < -0.4 is 0 Å². The number of hydrogen-bond acceptors (Lipinski definition) is 6. The molecule has 0 unspecified atom stereocenters. The van der Waals surface area contributed by atoms with Crippen LogP contribution in [0.4, 0.5) is 4.79 Å². The summed E-state index contributed by atoms with van der Waals surface area (Å²) in [6, 6.07) is 11.7. The molecule has 4 rings (SSSR count). The second-order valence-electron chi connectivity index (χ2n) is 5.96. The van der Waals surface area contributed by atoms with Crippen LogP contribution in [0.3, 0.4) is 0 Å². The molecular formula is C18H15N3O2S3. The van der Waals surface area contributed by atoms with Gasteiger partial charge < -0.3 is 4.98 Å². The SMILES string of the molecule is CC(C)N1C(=O)SC(=Cc2ccc(Sc3nc4ccccc4[nH]3)s2)C1=O. The van der Waals surface area contributed by atoms with Crippen molar-refractivity contribution in [3.8, 4) is 0 Å². The number of aromatic amines is 1. The Balaban J connectivity index is 1.53. The Hall–Kier alpha value is -2.03. The molecule has 1 saturated heterocycles. The van der Waals surface area contributed by atoms with Crippen LogP contribution in [0.5, 0.6) is 0 Å². The Morgan fingerprint density at radius 3 is 2.73 bits per heavy atom. The van der Waals surface area contributed by atoms with Gasteiger partial charge in [-0.3, -0.25) is 14.5 Å². The predicted octanol–water partition coefficient (Wildman–Crippen LogP) is 5.22. The molecule has 0 atom stereocenters. The molecule has 26 heavy (non-hydrogen) atoms. The third-order valence-corrected chi connectivity index (χ3v) is 6.71. The van der Waals surface area contributed by atoms with Gasteiger partial charge in [0, 0.05) is 10.9 Å². The van der Waals surface area contributed by atoms with E-state index in [1.165, 1.54) is 4.90 Å². The van der Waals surface area contributed by atoms with E-state index in [1.807, 2.05) is 50.2 Å². The molecule has 0 saturated carbocycles. The minimum atomic E-state index is -0.213. The Morgan fingerprint density at radius 1 is 1.19 bits per heavy atom. The highest BCUT2D eigenvalue weighted by Crippen LogP contribution is 2.37. The number of imidazole rings is 1. The second-order valence-corrected chi connectivity index (χ2v) is 9.36. The van der Waals surface area contributed by atoms with E-state index in [9.17, 15) is 9.59 Å². The Kier molecular flexibility index (Phi) is 4.64. The lowest BCUT2D eigenvalue weighted by molar-refractivity contribution is -0.123. The molecule has 2 amide bonds. The van der Waals surface area contributed by atoms with Crippen molar-refractivity contribution in [2.24, 2.45) is 0 Å². The maximum absolute atomic E-state index is 12.4. The van der Waals surface area contributed by atoms with Gasteiger partial charge in [-0.05, 0) is 67.7 Å². The summed E-state index contributed by atoms with van der Waals surface area (Å²) >= 11 is 4.12. The number of aromatic nitrogens is 2. The van der Waals surface area contributed by atoms with Crippen molar-refractivity contribution in [2.75, 3.05) is 0 Å². The lowest BCUT2D eigenvalue weighted by Crippen LogP contribution is -2.34. The number of benzene rings is 1. The third-order valence-electron chi connectivity index (χ3n) is 3.78. The maximum atomic E-state index is 12.4. The average Bonchev–Trinajstić information content (AvgIpc) is 3.26. The largest absolute Gasteiger partial charge is 0.333 e. The van der Waals surface area contributed by atoms with Crippen LogP contribution in [0.1, 0.15) is 18.7 Å². The van der Waals surface area contributed by atoms with E-state index in [-0.39, 0.29) is 17.2 Å². The number of thioether (sulfide) groups is 1. The van der Waals surface area contributed by atoms with Crippen LogP contribution in [-0.4, -0.2) is 32.1 Å². The summed E-state index contributed by atoms with van der Waals surface area (Å²) in [5.41, 5.74) is 1.95. The van der Waals surface area contributed by atoms with Crippen LogP contribution in [-0.2, 0) is 4.79 Å². The lowest BCUT2D eigenvalue weighted by Gasteiger charge is -2.16. The number of H-pyrrole nitrogens is 1. The quantitative estimate of drug-likeness (QED) is 0.607. The molecule has 0 aliphatic carbocycles. The molecule has 1 fully saturated rings. The number of nitrogens with one attached hydrogen (secondary N) is 1. The number of hydrogen-bond donors (Lipinski definition) is 1. The fourth-order valence-corrected chi connectivity index (χ4v) is 5.63. The normalized spacial score (nSPS) is 16.6. The van der Waals surface area contributed by atoms with E-state index in [0.29, 0.717) is 4.91 Å². The lowest BCUT2D eigenvalue weighted by atomic mass is 10.3. The first-order valence-electron chi connectivity index (χ1n) is 8.01. The molecule has 1 N–H and O–H groups in total. The van der Waals surface area contributed by atoms with Crippen molar-refractivity contribution in [1.29, 1.82) is 0 Å². The van der Waals surface area contributed by atoms with Crippen LogP contribution in [0.25, 0.3) is 17.1 Å². The molecule has 132 valence electrons. The molecule has 0 bridgehead atoms. The van der Waals surface area contributed by atoms with Gasteiger partial charge in [-0.2, -0.15) is 0 Å². The van der Waals surface area contributed by atoms with Crippen molar-refractivity contribution in [3.63, 3.8) is 0 Å². The molecule has 0 radical (unpaired) electrons. The standard InChI is InChI=1S/C18H15N3O2S3/c1-10(2)21-16(22)14(25-18(21)23)9-11-7-8-15(24-11)26-17-19-12-5-3-4-6-13(12)20-17/h3-10H,1-2H3,(H,19,20). The summed E-state index contributed by atoms with van der Waals surface area (Å²) in [5, 5.41) is 0.629. The van der Waals surface area contributed by atoms with Gasteiger partial charge in [0.15, 0.2) is 5.16 Å². The van der Waals surface area contributed by atoms with Crippen molar-refractivity contribution in [3.05, 3.63) is 46.2 Å². The first kappa shape index (κ1) is 17.4. The number of imide groups is 1. The number of carbonyl (C=O) groups is 2. The average molecular weight is 402 g/mol. The number of para-hydroxylation sites is 2. The molecule has 5 nitrogen and oxygen atoms in total. The molecule has 1 aliphatic heterocycles. The number of rotatable bonds is 4. The fraction of sp³-hybridized carbons (Fsp3) is 0.167. The summed E-state index contributed by atoms with van der Waals surface area (Å²) in [6.07, 6.45) is 1.79. The van der Waals surface area contributed by atoms with Gasteiger partial charge in [-0.1, -0.05) is 12.1 Å². The minimum absolute atomic E-state index is 0.129. The van der Waals surface area contributed by atoms with Gasteiger partial charge in [-0.25, -0.2) is 4.98 Å². The second kappa shape index (κ2) is 6.94. The molecule has 3 aromatic rings. The number of amides is 2. The monoisotopic (exact) mass is 401 g/mol. The van der Waals surface area contributed by atoms with E-state index in [1.54, 1.807) is 29.2 Å². The van der Waals surface area contributed by atoms with E-state index in [2.05, 4.69) is 9.97 Å². The van der Waals surface area contributed by atoms with Gasteiger partial charge in [0.05, 0.1) is 20.1 Å². The highest BCUT2D eigenvalue weighted by Gasteiger charge is 2.36. The molecule has 1 aliphatic rings. The summed E-state index contributed by atoms with van der Waals surface area (Å²) < 4.78 is 1.07. The highest BCUT2D eigenvalue weighted by molar-refractivity contribution is 8.18. The molecule has 0 spiro atoms. The number of thiophene rings is 1. The topological polar surface area (TPSA) is 66.1 Å². The van der Waals surface area contributed by atoms with E-state index in [4.69, 9.17) is 0 Å². The molecule has 1 aromatic carbocycles. The van der Waals surface area contributed by atoms with Gasteiger partial charge in [0.25, 0.3) is 11.1 Å². The van der Waals surface area contributed by atoms with Gasteiger partial charge in [0.2, 0.25) is 0 Å². The smallest absolute Gasteiger partial charge is 0.293 e. The maximum Gasteiger partial charge on any atom is 0.293 e. The van der Waals surface area contributed by atoms with Gasteiger partial charge in [0.1, 0.15) is 0 Å². The van der Waals surface area contributed by atoms with Crippen molar-refractivity contribution in [1.82, 2.24) is 14.9 Å². The number of fused-ring (bicyclic) bond motifs is 1. The Morgan fingerprint density at radius 2 is 2.00 bits per heavy atom. The predicted molar refractivity (Wildman–Crippen MR) is 107 cm³/mol. The summed E-state index contributed by atoms with van der Waals surface area (Å²) in [6.45, 7) is 3.68.